The number of piperazine rings is 3. The molecule has 12 aromatic rings. The van der Waals surface area contributed by atoms with E-state index in [9.17, 15) is 4.39 Å². The molecule has 12 fully saturated rings. The molecule has 9 saturated heterocycles. The smallest absolute Gasteiger partial charge is 0.320 e. The molecule has 15 heterocycles. The highest BCUT2D eigenvalue weighted by Crippen LogP contribution is 2.63. The van der Waals surface area contributed by atoms with Crippen molar-refractivity contribution in [1.29, 1.82) is 0 Å². The Hall–Kier alpha value is -10.2. The summed E-state index contributed by atoms with van der Waals surface area (Å²) in [5.41, 5.74) is 12.5. The van der Waals surface area contributed by atoms with Crippen molar-refractivity contribution >= 4 is 82.9 Å². The molecule has 9 aliphatic heterocycles. The molecular formula is C98H106F3N19O3. The van der Waals surface area contributed by atoms with Crippen molar-refractivity contribution in [3.8, 4) is 51.8 Å². The maximum absolute atomic E-state index is 15.5. The first-order valence-electron chi connectivity index (χ1n) is 45.5. The third-order valence-electron chi connectivity index (χ3n) is 30.3. The minimum absolute atomic E-state index is 0.0416. The van der Waals surface area contributed by atoms with E-state index in [4.69, 9.17) is 64.1 Å². The lowest BCUT2D eigenvalue weighted by atomic mass is 9.90. The van der Waals surface area contributed by atoms with Gasteiger partial charge in [0.1, 0.15) is 35.7 Å². The van der Waals surface area contributed by atoms with Crippen LogP contribution in [0.15, 0.2) is 128 Å². The molecule has 24 rings (SSSR count). The number of anilines is 3. The topological polar surface area (TPSA) is 212 Å². The molecule has 0 radical (unpaired) electrons. The molecule has 25 heteroatoms. The number of halogens is 3. The maximum Gasteiger partial charge on any atom is 0.320 e. The van der Waals surface area contributed by atoms with Crippen LogP contribution in [0.5, 0.6) is 18.0 Å². The maximum atomic E-state index is 15.5. The predicted octanol–water partition coefficient (Wildman–Crippen LogP) is 14.7. The number of pyridine rings is 2. The van der Waals surface area contributed by atoms with Gasteiger partial charge in [0.2, 0.25) is 0 Å². The molecule has 6 aromatic carbocycles. The van der Waals surface area contributed by atoms with Crippen LogP contribution in [-0.2, 0) is 0 Å². The van der Waals surface area contributed by atoms with Crippen LogP contribution in [0, 0.1) is 37.0 Å². The van der Waals surface area contributed by atoms with Gasteiger partial charge in [0, 0.05) is 180 Å². The molecule has 0 amide bonds. The quantitative estimate of drug-likeness (QED) is 0.0543. The van der Waals surface area contributed by atoms with Crippen molar-refractivity contribution in [1.82, 2.24) is 80.5 Å². The summed E-state index contributed by atoms with van der Waals surface area (Å²) in [6.45, 7) is 18.1. The molecular weight excluding hydrogens is 1550 g/mol. The predicted molar refractivity (Wildman–Crippen MR) is 475 cm³/mol. The average molecular weight is 1660 g/mol. The van der Waals surface area contributed by atoms with Crippen molar-refractivity contribution in [3.05, 3.63) is 155 Å². The Morgan fingerprint density at radius 3 is 1.45 bits per heavy atom. The summed E-state index contributed by atoms with van der Waals surface area (Å²) in [7, 11) is 0. The minimum Gasteiger partial charge on any atom is -0.463 e. The number of likely N-dealkylation sites (tertiary alicyclic amines) is 3. The molecule has 632 valence electrons. The van der Waals surface area contributed by atoms with Gasteiger partial charge < -0.3 is 44.9 Å². The van der Waals surface area contributed by atoms with E-state index in [2.05, 4.69) is 181 Å². The van der Waals surface area contributed by atoms with Gasteiger partial charge in [0.25, 0.3) is 0 Å². The van der Waals surface area contributed by atoms with E-state index in [0.717, 1.165) is 216 Å². The second-order valence-electron chi connectivity index (χ2n) is 39.1. The number of benzene rings is 6. The zero-order valence-corrected chi connectivity index (χ0v) is 70.4. The lowest BCUT2D eigenvalue weighted by molar-refractivity contribution is 0.160. The van der Waals surface area contributed by atoms with Crippen molar-refractivity contribution in [2.45, 2.75) is 171 Å². The van der Waals surface area contributed by atoms with Gasteiger partial charge in [-0.3, -0.25) is 19.7 Å². The second kappa shape index (κ2) is 30.1. The van der Waals surface area contributed by atoms with Gasteiger partial charge in [-0.05, 0) is 200 Å². The second-order valence-corrected chi connectivity index (χ2v) is 39.1. The third kappa shape index (κ3) is 14.1. The van der Waals surface area contributed by atoms with Gasteiger partial charge in [-0.15, -0.1) is 0 Å². The van der Waals surface area contributed by atoms with Crippen LogP contribution >= 0.6 is 0 Å². The number of alkyl halides is 3. The summed E-state index contributed by atoms with van der Waals surface area (Å²) in [5.74, 6) is 3.14. The molecule has 3 N–H and O–H groups in total. The van der Waals surface area contributed by atoms with Crippen LogP contribution in [0.1, 0.15) is 123 Å². The zero-order chi connectivity index (χ0) is 82.1. The fourth-order valence-corrected chi connectivity index (χ4v) is 23.7. The number of hydrogen-bond donors (Lipinski definition) is 3. The van der Waals surface area contributed by atoms with Crippen molar-refractivity contribution in [2.24, 2.45) is 16.2 Å². The van der Waals surface area contributed by atoms with Gasteiger partial charge in [-0.1, -0.05) is 97.1 Å². The fourth-order valence-electron chi connectivity index (χ4n) is 23.7. The van der Waals surface area contributed by atoms with E-state index < -0.39 is 23.9 Å². The number of aryl methyl sites for hydroxylation is 3. The van der Waals surface area contributed by atoms with Crippen LogP contribution in [0.3, 0.4) is 0 Å². The van der Waals surface area contributed by atoms with Gasteiger partial charge in [-0.25, -0.2) is 28.1 Å². The molecule has 22 nitrogen and oxygen atoms in total. The third-order valence-corrected chi connectivity index (χ3v) is 30.3. The molecule has 13 atom stereocenters. The summed E-state index contributed by atoms with van der Waals surface area (Å²) >= 11 is 0. The lowest BCUT2D eigenvalue weighted by Gasteiger charge is -2.34. The Morgan fingerprint density at radius 2 is 0.886 bits per heavy atom. The van der Waals surface area contributed by atoms with E-state index in [-0.39, 0.29) is 28.7 Å². The number of ether oxygens (including phenoxy) is 3. The Bertz CT molecular complexity index is 6180. The van der Waals surface area contributed by atoms with Crippen molar-refractivity contribution in [2.75, 3.05) is 133 Å². The number of fused-ring (bicyclic) bond motifs is 12. The zero-order valence-electron chi connectivity index (χ0n) is 70.4. The van der Waals surface area contributed by atoms with Crippen LogP contribution < -0.4 is 44.9 Å². The summed E-state index contributed by atoms with van der Waals surface area (Å²) in [5, 5.41) is 20.0. The highest BCUT2D eigenvalue weighted by molar-refractivity contribution is 6.04. The number of aromatic nitrogens is 10. The molecule has 123 heavy (non-hydrogen) atoms. The van der Waals surface area contributed by atoms with E-state index in [1.54, 1.807) is 0 Å². The molecule has 10 unspecified atom stereocenters. The van der Waals surface area contributed by atoms with Crippen LogP contribution in [0.2, 0.25) is 0 Å². The summed E-state index contributed by atoms with van der Waals surface area (Å²) < 4.78 is 66.3. The highest BCUT2D eigenvalue weighted by Gasteiger charge is 2.59. The Kier molecular flexibility index (Phi) is 18.7. The first-order chi connectivity index (χ1) is 60.1. The van der Waals surface area contributed by atoms with Gasteiger partial charge in [0.05, 0.1) is 41.8 Å². The summed E-state index contributed by atoms with van der Waals surface area (Å²) in [4.78, 5) is 67.1. The normalized spacial score (nSPS) is 28.4. The first-order valence-corrected chi connectivity index (χ1v) is 45.5. The van der Waals surface area contributed by atoms with Crippen molar-refractivity contribution in [3.63, 3.8) is 0 Å². The van der Waals surface area contributed by atoms with Gasteiger partial charge in [0.15, 0.2) is 22.9 Å². The molecule has 6 aromatic heterocycles. The Labute approximate surface area is 713 Å². The molecule has 6 bridgehead atoms. The lowest BCUT2D eigenvalue weighted by Crippen LogP contribution is -2.51. The summed E-state index contributed by atoms with van der Waals surface area (Å²) in [6.07, 6.45) is 13.4. The Morgan fingerprint density at radius 1 is 0.407 bits per heavy atom. The standard InChI is InChI=1S/C98H106F3N19O3/c1-56-8-4-9-59-10-5-11-70(83(56)59)60-36-82-86(102-39-60)92(120-48-68-22-23-69(49-120)106-68)114-93(108-82)122-54-97(51-116-34-29-62(100)42-116)37-79(97)71-24-16-57(2)84-73(71)12-6-14-75(84)81-27-26-77-88(107-81)110-95(112-90(77)118-44-64-18-19-65(45-118)104-64)123-55-98(52-117-35-30-63(101)43-117)38-80(98)72-25-17-58(3)85-74(72)13-7-15-76(85)87-103-40-78-89(109-87)111-94(113-91(78)119-46-66-20-21-67(47-119)105-66)121-53-96(31-32-96)50-115-33-28-61(99)41-115/h4-17,24-27,36,39-40,61-69,79-80,104-106H,18-23,28-35,37-38,41-55H2,1-3H3/t61-,62-,63-,64?,65?,66?,67?,68?,69?,79?,80?,97?,98?/m1/s1. The molecule has 12 aliphatic rings. The Balaban J connectivity index is 0.546. The monoisotopic (exact) mass is 1650 g/mol. The molecule has 0 spiro atoms. The first kappa shape index (κ1) is 76.5. The van der Waals surface area contributed by atoms with Gasteiger partial charge >= 0.3 is 18.0 Å². The van der Waals surface area contributed by atoms with E-state index in [1.165, 1.54) is 27.5 Å². The fraction of sp³-hybridized carbons (Fsp3) is 0.490. The average Bonchev–Trinajstić information content (AvgIpc) is 1.60. The van der Waals surface area contributed by atoms with E-state index in [1.807, 2.05) is 12.4 Å². The van der Waals surface area contributed by atoms with Crippen LogP contribution in [-0.4, -0.2) is 237 Å². The largest absolute Gasteiger partial charge is 0.463 e. The van der Waals surface area contributed by atoms with Crippen molar-refractivity contribution < 1.29 is 27.4 Å². The number of hydrogen-bond acceptors (Lipinski definition) is 22. The number of nitrogens with zero attached hydrogens (tertiary/aromatic N) is 16. The van der Waals surface area contributed by atoms with Crippen LogP contribution in [0.25, 0.3) is 99.2 Å². The summed E-state index contributed by atoms with van der Waals surface area (Å²) in [6, 6.07) is 44.7. The number of rotatable bonds is 23. The molecule has 3 aliphatic carbocycles. The van der Waals surface area contributed by atoms with E-state index in [0.29, 0.717) is 150 Å². The molecule has 3 saturated carbocycles. The SMILES string of the molecule is Cc1cccc2cccc(-c3cnc4c(N5CC6CCC(C5)N6)nc(OCC5(CN6CC[C@@H](F)C6)CC5c5ccc(C)c6c(-c7ccc8c(N9CC%10CCC(C9)N%10)nc(OCC9(CN%10CC[C@@H](F)C%10)CC9c9ccc(C)c%10c(-c%11ncc%12c(N%13CC%14CCC(C%13)N%14)nc(OCC%13(CN%14CC[C@@H](F)C%14)CC%13)nc%12n%11)cccc9%10)nc8n7)cccc56)nc4c3)c12. The highest BCUT2D eigenvalue weighted by atomic mass is 19.1. The van der Waals surface area contributed by atoms with E-state index >= 15 is 8.78 Å². The minimum atomic E-state index is -0.890. The van der Waals surface area contributed by atoms with Crippen LogP contribution in [0.4, 0.5) is 30.6 Å². The van der Waals surface area contributed by atoms with Gasteiger partial charge in [-0.2, -0.15) is 29.9 Å². The number of nitrogens with one attached hydrogen (secondary N) is 3.